The summed E-state index contributed by atoms with van der Waals surface area (Å²) in [6, 6.07) is 0. The van der Waals surface area contributed by atoms with Crippen LogP contribution in [0.2, 0.25) is 0 Å². The molecule has 0 spiro atoms. The number of hydrogen-bond donors (Lipinski definition) is 3. The zero-order valence-corrected chi connectivity index (χ0v) is 6.17. The van der Waals surface area contributed by atoms with Crippen molar-refractivity contribution in [2.75, 3.05) is 6.61 Å². The fraction of sp³-hybridized carbons (Fsp3) is 1.00. The van der Waals surface area contributed by atoms with E-state index in [9.17, 15) is 0 Å². The highest BCUT2D eigenvalue weighted by Gasteiger charge is 1.81. The van der Waals surface area contributed by atoms with Gasteiger partial charge in [0.15, 0.2) is 0 Å². The molecule has 0 aliphatic rings. The molecule has 0 saturated carbocycles. The molecule has 0 amide bonds. The van der Waals surface area contributed by atoms with Crippen molar-refractivity contribution in [3.05, 3.63) is 0 Å². The Balaban J connectivity index is 0. The highest BCUT2D eigenvalue weighted by molar-refractivity contribution is 4.31. The molecule has 4 N–H and O–H groups in total. The minimum Gasteiger partial charge on any atom is -0.396 e. The van der Waals surface area contributed by atoms with Gasteiger partial charge in [-0.05, 0) is 12.8 Å². The van der Waals surface area contributed by atoms with Gasteiger partial charge in [0.05, 0.1) is 0 Å². The molecule has 58 valence electrons. The molecule has 0 radical (unpaired) electrons. The normalized spacial score (nSPS) is 11.7. The number of aliphatic hydroxyl groups excluding tert-OH is 2. The first kappa shape index (κ1) is 11.6. The van der Waals surface area contributed by atoms with Gasteiger partial charge in [-0.2, -0.15) is 0 Å². The van der Waals surface area contributed by atoms with Crippen molar-refractivity contribution in [2.45, 2.75) is 32.9 Å². The molecule has 0 aromatic heterocycles. The van der Waals surface area contributed by atoms with Gasteiger partial charge in [0, 0.05) is 6.61 Å². The first-order valence-electron chi connectivity index (χ1n) is 3.23. The summed E-state index contributed by atoms with van der Waals surface area (Å²) in [5.41, 5.74) is 4.85. The zero-order valence-electron chi connectivity index (χ0n) is 6.17. The Bertz CT molecular complexity index is 38.0. The van der Waals surface area contributed by atoms with E-state index in [0.717, 1.165) is 6.42 Å². The molecule has 0 aliphatic carbocycles. The van der Waals surface area contributed by atoms with Crippen LogP contribution in [0.3, 0.4) is 0 Å². The Morgan fingerprint density at radius 3 is 1.67 bits per heavy atom. The predicted octanol–water partition coefficient (Wildman–Crippen LogP) is 0.0622. The fourth-order valence-electron chi connectivity index (χ4n) is 0. The van der Waals surface area contributed by atoms with Gasteiger partial charge in [-0.15, -0.1) is 0 Å². The average Bonchev–Trinajstić information content (AvgIpc) is 1.89. The molecule has 0 heterocycles. The van der Waals surface area contributed by atoms with Gasteiger partial charge in [-0.3, -0.25) is 0 Å². The topological polar surface area (TPSA) is 66.5 Å². The van der Waals surface area contributed by atoms with Crippen LogP contribution in [-0.2, 0) is 0 Å². The van der Waals surface area contributed by atoms with Crippen LogP contribution in [0.25, 0.3) is 0 Å². The molecule has 9 heavy (non-hydrogen) atoms. The molecular weight excluding hydrogens is 118 g/mol. The SMILES string of the molecule is CCC(N)O.CCCO. The summed E-state index contributed by atoms with van der Waals surface area (Å²) in [4.78, 5) is 0. The van der Waals surface area contributed by atoms with Crippen molar-refractivity contribution < 1.29 is 10.2 Å². The minimum absolute atomic E-state index is 0.319. The van der Waals surface area contributed by atoms with Crippen LogP contribution in [0.15, 0.2) is 0 Å². The summed E-state index contributed by atoms with van der Waals surface area (Å²) in [7, 11) is 0. The lowest BCUT2D eigenvalue weighted by molar-refractivity contribution is 0.178. The molecule has 0 fully saturated rings. The van der Waals surface area contributed by atoms with Crippen molar-refractivity contribution in [3.8, 4) is 0 Å². The lowest BCUT2D eigenvalue weighted by Crippen LogP contribution is -2.16. The Kier molecular flexibility index (Phi) is 14.0. The van der Waals surface area contributed by atoms with Crippen molar-refractivity contribution in [1.29, 1.82) is 0 Å². The molecule has 0 saturated heterocycles. The molecule has 3 nitrogen and oxygen atoms in total. The van der Waals surface area contributed by atoms with Crippen molar-refractivity contribution in [1.82, 2.24) is 0 Å². The third kappa shape index (κ3) is 32.8. The molecule has 0 aliphatic heterocycles. The largest absolute Gasteiger partial charge is 0.396 e. The molecule has 1 unspecified atom stereocenters. The highest BCUT2D eigenvalue weighted by Crippen LogP contribution is 1.72. The Hall–Kier alpha value is -0.120. The second-order valence-electron chi connectivity index (χ2n) is 1.70. The highest BCUT2D eigenvalue weighted by atomic mass is 16.3. The minimum atomic E-state index is -0.616. The van der Waals surface area contributed by atoms with Crippen molar-refractivity contribution >= 4 is 0 Å². The van der Waals surface area contributed by atoms with Crippen LogP contribution >= 0.6 is 0 Å². The molecule has 0 rings (SSSR count). The van der Waals surface area contributed by atoms with Gasteiger partial charge in [0.2, 0.25) is 0 Å². The van der Waals surface area contributed by atoms with Crippen LogP contribution in [0, 0.1) is 0 Å². The van der Waals surface area contributed by atoms with E-state index < -0.39 is 6.23 Å². The maximum absolute atomic E-state index is 8.14. The van der Waals surface area contributed by atoms with Gasteiger partial charge < -0.3 is 15.9 Å². The van der Waals surface area contributed by atoms with Crippen LogP contribution in [0.5, 0.6) is 0 Å². The van der Waals surface area contributed by atoms with E-state index in [1.807, 2.05) is 13.8 Å². The van der Waals surface area contributed by atoms with Crippen LogP contribution in [0.4, 0.5) is 0 Å². The first-order valence-corrected chi connectivity index (χ1v) is 3.23. The second-order valence-corrected chi connectivity index (χ2v) is 1.70. The summed E-state index contributed by atoms with van der Waals surface area (Å²) in [6.45, 7) is 4.07. The number of aliphatic hydroxyl groups is 2. The maximum atomic E-state index is 8.14. The van der Waals surface area contributed by atoms with Gasteiger partial charge in [-0.25, -0.2) is 0 Å². The standard InChI is InChI=1S/C3H9NO.C3H8O/c1-2-3(4)5;1-2-3-4/h3,5H,2,4H2,1H3;4H,2-3H2,1H3. The average molecular weight is 135 g/mol. The van der Waals surface area contributed by atoms with Crippen LogP contribution in [0.1, 0.15) is 26.7 Å². The third-order valence-electron chi connectivity index (χ3n) is 0.642. The monoisotopic (exact) mass is 135 g/mol. The van der Waals surface area contributed by atoms with E-state index in [1.165, 1.54) is 0 Å². The summed E-state index contributed by atoms with van der Waals surface area (Å²) in [5.74, 6) is 0. The summed E-state index contributed by atoms with van der Waals surface area (Å²) in [6.07, 6.45) is 0.898. The Morgan fingerprint density at radius 2 is 1.67 bits per heavy atom. The second kappa shape index (κ2) is 10.8. The first-order chi connectivity index (χ1) is 4.18. The lowest BCUT2D eigenvalue weighted by atomic mass is 10.5. The Labute approximate surface area is 56.5 Å². The van der Waals surface area contributed by atoms with Crippen LogP contribution in [-0.4, -0.2) is 23.0 Å². The van der Waals surface area contributed by atoms with E-state index in [-0.39, 0.29) is 0 Å². The van der Waals surface area contributed by atoms with Gasteiger partial charge in [-0.1, -0.05) is 13.8 Å². The van der Waals surface area contributed by atoms with E-state index >= 15 is 0 Å². The molecule has 0 aromatic carbocycles. The zero-order chi connectivity index (χ0) is 7.70. The van der Waals surface area contributed by atoms with E-state index in [2.05, 4.69) is 0 Å². The summed E-state index contributed by atoms with van der Waals surface area (Å²) < 4.78 is 0. The van der Waals surface area contributed by atoms with Gasteiger partial charge in [0.25, 0.3) is 0 Å². The predicted molar refractivity (Wildman–Crippen MR) is 37.9 cm³/mol. The fourth-order valence-corrected chi connectivity index (χ4v) is 0. The van der Waals surface area contributed by atoms with E-state index in [1.54, 1.807) is 0 Å². The number of hydrogen-bond acceptors (Lipinski definition) is 3. The molecule has 0 aromatic rings. The van der Waals surface area contributed by atoms with Gasteiger partial charge >= 0.3 is 0 Å². The summed E-state index contributed by atoms with van der Waals surface area (Å²) >= 11 is 0. The van der Waals surface area contributed by atoms with Crippen molar-refractivity contribution in [2.24, 2.45) is 5.73 Å². The number of nitrogens with two attached hydrogens (primary N) is 1. The van der Waals surface area contributed by atoms with Gasteiger partial charge in [0.1, 0.15) is 6.23 Å². The quantitative estimate of drug-likeness (QED) is 0.469. The molecule has 0 bridgehead atoms. The Morgan fingerprint density at radius 1 is 1.44 bits per heavy atom. The molecular formula is C6H17NO2. The maximum Gasteiger partial charge on any atom is 0.102 e. The smallest absolute Gasteiger partial charge is 0.102 e. The number of rotatable bonds is 2. The van der Waals surface area contributed by atoms with Crippen molar-refractivity contribution in [3.63, 3.8) is 0 Å². The van der Waals surface area contributed by atoms with Crippen LogP contribution < -0.4 is 5.73 Å². The third-order valence-corrected chi connectivity index (χ3v) is 0.642. The lowest BCUT2D eigenvalue weighted by Gasteiger charge is -1.91. The van der Waals surface area contributed by atoms with E-state index in [0.29, 0.717) is 13.0 Å². The molecule has 1 atom stereocenters. The van der Waals surface area contributed by atoms with E-state index in [4.69, 9.17) is 15.9 Å². The molecule has 3 heteroatoms. The summed E-state index contributed by atoms with van der Waals surface area (Å²) in [5, 5.41) is 16.0.